The van der Waals surface area contributed by atoms with Crippen molar-refractivity contribution >= 4 is 5.91 Å². The van der Waals surface area contributed by atoms with E-state index in [0.29, 0.717) is 6.42 Å². The van der Waals surface area contributed by atoms with E-state index in [0.717, 1.165) is 44.9 Å². The Morgan fingerprint density at radius 3 is 0.942 bits per heavy atom. The van der Waals surface area contributed by atoms with Gasteiger partial charge in [0.2, 0.25) is 5.91 Å². The van der Waals surface area contributed by atoms with Crippen LogP contribution >= 0.6 is 0 Å². The molecule has 0 bridgehead atoms. The second-order valence-electron chi connectivity index (χ2n) is 21.1. The van der Waals surface area contributed by atoms with Crippen LogP contribution in [-0.2, 0) is 4.79 Å². The molecule has 2 atom stereocenters. The number of carbonyl (C=O) groups is 1. The normalized spacial score (nSPS) is 13.2. The number of rotatable bonds is 57. The van der Waals surface area contributed by atoms with Gasteiger partial charge >= 0.3 is 0 Å². The molecule has 4 heteroatoms. The van der Waals surface area contributed by atoms with E-state index < -0.39 is 12.1 Å². The van der Waals surface area contributed by atoms with E-state index in [4.69, 9.17) is 0 Å². The highest BCUT2D eigenvalue weighted by molar-refractivity contribution is 5.76. The van der Waals surface area contributed by atoms with Crippen LogP contribution < -0.4 is 5.32 Å². The van der Waals surface area contributed by atoms with Crippen molar-refractivity contribution in [3.05, 3.63) is 60.8 Å². The lowest BCUT2D eigenvalue weighted by atomic mass is 10.0. The van der Waals surface area contributed by atoms with Crippen LogP contribution in [0.15, 0.2) is 60.8 Å². The van der Waals surface area contributed by atoms with Crippen molar-refractivity contribution in [2.24, 2.45) is 0 Å². The summed E-state index contributed by atoms with van der Waals surface area (Å²) in [6.07, 6.45) is 85.6. The minimum Gasteiger partial charge on any atom is -0.394 e. The lowest BCUT2D eigenvalue weighted by Crippen LogP contribution is -2.45. The molecule has 0 spiro atoms. The van der Waals surface area contributed by atoms with Gasteiger partial charge in [0, 0.05) is 6.42 Å². The summed E-state index contributed by atoms with van der Waals surface area (Å²) in [6, 6.07) is -0.639. The average molecular weight is 965 g/mol. The minimum absolute atomic E-state index is 0.0690. The van der Waals surface area contributed by atoms with Gasteiger partial charge in [0.15, 0.2) is 0 Å². The fourth-order valence-electron chi connectivity index (χ4n) is 9.50. The second kappa shape index (κ2) is 60.4. The third-order valence-electron chi connectivity index (χ3n) is 14.2. The Bertz CT molecular complexity index is 1140. The van der Waals surface area contributed by atoms with E-state index in [1.165, 1.54) is 263 Å². The Kier molecular flexibility index (Phi) is 58.7. The van der Waals surface area contributed by atoms with Crippen molar-refractivity contribution < 1.29 is 15.0 Å². The van der Waals surface area contributed by atoms with Crippen LogP contribution in [0.2, 0.25) is 0 Å². The molecule has 0 aliphatic rings. The topological polar surface area (TPSA) is 69.6 Å². The highest BCUT2D eigenvalue weighted by Crippen LogP contribution is 2.17. The third-order valence-corrected chi connectivity index (χ3v) is 14.2. The molecule has 1 amide bonds. The highest BCUT2D eigenvalue weighted by Gasteiger charge is 2.18. The maximum absolute atomic E-state index is 12.5. The minimum atomic E-state index is -0.862. The molecule has 0 heterocycles. The van der Waals surface area contributed by atoms with Gasteiger partial charge in [0.25, 0.3) is 0 Å². The first kappa shape index (κ1) is 67.1. The molecular weight excluding hydrogens is 843 g/mol. The van der Waals surface area contributed by atoms with Crippen LogP contribution in [0.5, 0.6) is 0 Å². The van der Waals surface area contributed by atoms with Crippen LogP contribution in [0.1, 0.15) is 328 Å². The van der Waals surface area contributed by atoms with E-state index in [9.17, 15) is 15.0 Å². The molecule has 0 radical (unpaired) electrons. The van der Waals surface area contributed by atoms with Crippen molar-refractivity contribution in [3.8, 4) is 0 Å². The molecule has 0 rings (SSSR count). The van der Waals surface area contributed by atoms with Gasteiger partial charge in [-0.1, -0.05) is 312 Å². The van der Waals surface area contributed by atoms with Crippen LogP contribution in [0, 0.1) is 0 Å². The van der Waals surface area contributed by atoms with Crippen LogP contribution in [0.25, 0.3) is 0 Å². The summed E-state index contributed by atoms with van der Waals surface area (Å²) in [7, 11) is 0. The average Bonchev–Trinajstić information content (AvgIpc) is 3.35. The van der Waals surface area contributed by atoms with E-state index in [1.54, 1.807) is 6.08 Å². The summed E-state index contributed by atoms with van der Waals surface area (Å²) in [5, 5.41) is 23.1. The van der Waals surface area contributed by atoms with Gasteiger partial charge in [-0.25, -0.2) is 0 Å². The molecule has 2 unspecified atom stereocenters. The lowest BCUT2D eigenvalue weighted by molar-refractivity contribution is -0.123. The van der Waals surface area contributed by atoms with Gasteiger partial charge in [-0.2, -0.15) is 0 Å². The predicted octanol–water partition coefficient (Wildman–Crippen LogP) is 20.8. The molecule has 0 aliphatic carbocycles. The number of hydrogen-bond acceptors (Lipinski definition) is 3. The summed E-state index contributed by atoms with van der Waals surface area (Å²) in [4.78, 5) is 12.5. The Morgan fingerprint density at radius 1 is 0.348 bits per heavy atom. The zero-order valence-corrected chi connectivity index (χ0v) is 46.6. The first-order chi connectivity index (χ1) is 34.2. The Hall–Kier alpha value is -1.91. The first-order valence-corrected chi connectivity index (χ1v) is 31.0. The van der Waals surface area contributed by atoms with Gasteiger partial charge in [-0.15, -0.1) is 0 Å². The number of aliphatic hydroxyl groups is 2. The molecular formula is C65H121NO3. The molecule has 0 aromatic carbocycles. The number of aliphatic hydroxyl groups excluding tert-OH is 2. The number of nitrogens with one attached hydrogen (secondary N) is 1. The van der Waals surface area contributed by atoms with Crippen LogP contribution in [0.4, 0.5) is 0 Å². The number of allylic oxidation sites excluding steroid dienone is 9. The fourth-order valence-corrected chi connectivity index (χ4v) is 9.50. The second-order valence-corrected chi connectivity index (χ2v) is 21.1. The van der Waals surface area contributed by atoms with E-state index in [-0.39, 0.29) is 12.5 Å². The summed E-state index contributed by atoms with van der Waals surface area (Å²) >= 11 is 0. The van der Waals surface area contributed by atoms with Crippen molar-refractivity contribution in [1.29, 1.82) is 0 Å². The van der Waals surface area contributed by atoms with Gasteiger partial charge in [-0.3, -0.25) is 4.79 Å². The van der Waals surface area contributed by atoms with Crippen LogP contribution in [0.3, 0.4) is 0 Å². The molecule has 0 aliphatic heterocycles. The molecule has 0 saturated heterocycles. The van der Waals surface area contributed by atoms with Gasteiger partial charge in [0.05, 0.1) is 18.8 Å². The summed E-state index contributed by atoms with van der Waals surface area (Å²) < 4.78 is 0. The summed E-state index contributed by atoms with van der Waals surface area (Å²) in [5.41, 5.74) is 0. The first-order valence-electron chi connectivity index (χ1n) is 31.0. The van der Waals surface area contributed by atoms with Gasteiger partial charge in [0.1, 0.15) is 0 Å². The van der Waals surface area contributed by atoms with Crippen molar-refractivity contribution in [1.82, 2.24) is 5.32 Å². The van der Waals surface area contributed by atoms with Crippen molar-refractivity contribution in [2.75, 3.05) is 6.61 Å². The van der Waals surface area contributed by atoms with E-state index >= 15 is 0 Å². The zero-order chi connectivity index (χ0) is 49.9. The molecule has 0 fully saturated rings. The summed E-state index contributed by atoms with van der Waals surface area (Å²) in [6.45, 7) is 4.31. The summed E-state index contributed by atoms with van der Waals surface area (Å²) in [5.74, 6) is -0.0690. The van der Waals surface area contributed by atoms with Crippen molar-refractivity contribution in [3.63, 3.8) is 0 Å². The van der Waals surface area contributed by atoms with Crippen molar-refractivity contribution in [2.45, 2.75) is 341 Å². The van der Waals surface area contributed by atoms with Gasteiger partial charge < -0.3 is 15.5 Å². The zero-order valence-electron chi connectivity index (χ0n) is 46.6. The van der Waals surface area contributed by atoms with E-state index in [1.807, 2.05) is 6.08 Å². The number of amides is 1. The Labute approximate surface area is 432 Å². The van der Waals surface area contributed by atoms with E-state index in [2.05, 4.69) is 67.8 Å². The standard InChI is InChI=1S/C65H121NO3/c1-3-5-7-9-11-13-15-17-19-21-23-24-25-26-27-28-29-30-31-32-33-34-35-36-37-38-39-40-41-42-43-45-47-49-51-53-55-57-59-61-65(69)66-63(62-67)64(68)60-58-56-54-52-50-48-46-44-22-20-18-16-14-12-10-8-6-4-2/h15,17,21,23,25-26,50,52,58,60,63-64,67-68H,3-14,16,18-20,22,24,27-49,51,53-57,59,61-62H2,1-2H3,(H,66,69)/b17-15-,23-21-,26-25-,52-50+,60-58+. The Balaban J connectivity index is 3.44. The molecule has 69 heavy (non-hydrogen) atoms. The smallest absolute Gasteiger partial charge is 0.220 e. The highest BCUT2D eigenvalue weighted by atomic mass is 16.3. The lowest BCUT2D eigenvalue weighted by Gasteiger charge is -2.19. The molecule has 0 saturated carbocycles. The Morgan fingerprint density at radius 2 is 0.609 bits per heavy atom. The quantitative estimate of drug-likeness (QED) is 0.0420. The third kappa shape index (κ3) is 56.9. The predicted molar refractivity (Wildman–Crippen MR) is 308 cm³/mol. The number of unbranched alkanes of at least 4 members (excludes halogenated alkanes) is 42. The fraction of sp³-hybridized carbons (Fsp3) is 0.831. The number of hydrogen-bond donors (Lipinski definition) is 3. The monoisotopic (exact) mass is 964 g/mol. The maximum Gasteiger partial charge on any atom is 0.220 e. The SMILES string of the molecule is CCCCCCC/C=C\C/C=C\C/C=C\CCCCCCCCCCCCCCCCCCCCCCCCCCC(=O)NC(CO)C(O)/C=C/CC/C=C/CCCCCCCCCCCCCC. The van der Waals surface area contributed by atoms with Gasteiger partial charge in [-0.05, 0) is 70.6 Å². The molecule has 0 aromatic rings. The maximum atomic E-state index is 12.5. The molecule has 3 N–H and O–H groups in total. The molecule has 4 nitrogen and oxygen atoms in total. The largest absolute Gasteiger partial charge is 0.394 e. The molecule has 0 aromatic heterocycles. The molecule has 404 valence electrons. The van der Waals surface area contributed by atoms with Crippen LogP contribution in [-0.4, -0.2) is 34.9 Å². The number of carbonyl (C=O) groups excluding carboxylic acids is 1.